The summed E-state index contributed by atoms with van der Waals surface area (Å²) in [5.74, 6) is -0.143. The molecule has 0 bridgehead atoms. The first-order valence-electron chi connectivity index (χ1n) is 7.32. The second-order valence-electron chi connectivity index (χ2n) is 5.71. The van der Waals surface area contributed by atoms with Gasteiger partial charge in [0.15, 0.2) is 5.40 Å². The van der Waals surface area contributed by atoms with Crippen molar-refractivity contribution in [3.8, 4) is 0 Å². The first kappa shape index (κ1) is 29.4. The molecule has 0 aromatic carbocycles. The molecule has 17 nitrogen and oxygen atoms in total. The molecule has 0 aliphatic rings. The summed E-state index contributed by atoms with van der Waals surface area (Å²) in [6.45, 7) is 1.02. The van der Waals surface area contributed by atoms with Crippen LogP contribution in [0.3, 0.4) is 0 Å². The molecule has 21 heteroatoms. The van der Waals surface area contributed by atoms with Gasteiger partial charge in [0.1, 0.15) is 11.6 Å². The van der Waals surface area contributed by atoms with E-state index in [4.69, 9.17) is 55.7 Å². The van der Waals surface area contributed by atoms with Crippen molar-refractivity contribution in [3.63, 3.8) is 0 Å². The van der Waals surface area contributed by atoms with Crippen LogP contribution in [0.4, 0.5) is 5.82 Å². The zero-order valence-corrected chi connectivity index (χ0v) is 18.6. The van der Waals surface area contributed by atoms with Gasteiger partial charge in [-0.3, -0.25) is 18.3 Å². The Bertz CT molecular complexity index is 889. The van der Waals surface area contributed by atoms with E-state index in [1.165, 1.54) is 6.92 Å². The van der Waals surface area contributed by atoms with E-state index in [9.17, 15) is 18.3 Å². The Morgan fingerprint density at radius 3 is 1.60 bits per heavy atom. The maximum absolute atomic E-state index is 11.1. The van der Waals surface area contributed by atoms with Crippen LogP contribution in [-0.2, 0) is 18.3 Å². The van der Waals surface area contributed by atoms with Crippen molar-refractivity contribution in [2.24, 2.45) is 5.73 Å². The summed E-state index contributed by atoms with van der Waals surface area (Å²) in [7, 11) is -20.8. The number of anilines is 1. The molecule has 0 atom stereocenters. The highest BCUT2D eigenvalue weighted by molar-refractivity contribution is 7.72. The highest BCUT2D eigenvalue weighted by atomic mass is 31.2. The predicted molar refractivity (Wildman–Crippen MR) is 101 cm³/mol. The highest BCUT2D eigenvalue weighted by Gasteiger charge is 2.58. The van der Waals surface area contributed by atoms with Crippen LogP contribution in [0.5, 0.6) is 0 Å². The van der Waals surface area contributed by atoms with Gasteiger partial charge in [0, 0.05) is 18.2 Å². The fraction of sp³-hybridized carbons (Fsp3) is 0.556. The lowest BCUT2D eigenvalue weighted by Gasteiger charge is -2.28. The van der Waals surface area contributed by atoms with Crippen molar-refractivity contribution in [1.82, 2.24) is 9.97 Å². The van der Waals surface area contributed by atoms with Crippen molar-refractivity contribution in [1.29, 1.82) is 0 Å². The number of aliphatic hydroxyl groups is 1. The molecule has 1 rings (SSSR count). The molecule has 0 spiro atoms. The van der Waals surface area contributed by atoms with Gasteiger partial charge in [-0.15, -0.1) is 0 Å². The van der Waals surface area contributed by atoms with E-state index in [0.29, 0.717) is 0 Å². The van der Waals surface area contributed by atoms with Gasteiger partial charge < -0.3 is 55.7 Å². The summed E-state index contributed by atoms with van der Waals surface area (Å²) in [5, 5.41) is 3.37. The number of rotatable bonds is 7. The summed E-state index contributed by atoms with van der Waals surface area (Å²) in [4.78, 5) is 77.2. The molecule has 0 aliphatic carbocycles. The minimum atomic E-state index is -5.31. The van der Waals surface area contributed by atoms with Gasteiger partial charge in [0.25, 0.3) is 5.08 Å². The van der Waals surface area contributed by atoms with E-state index in [1.54, 1.807) is 0 Å². The molecule has 176 valence electrons. The van der Waals surface area contributed by atoms with E-state index in [-0.39, 0.29) is 11.6 Å². The number of hydrogen-bond donors (Lipinski definition) is 11. The van der Waals surface area contributed by atoms with Gasteiger partial charge in [-0.1, -0.05) is 0 Å². The van der Waals surface area contributed by atoms with Crippen LogP contribution in [0.15, 0.2) is 6.20 Å². The largest absolute Gasteiger partial charge is 0.383 e. The van der Waals surface area contributed by atoms with Crippen LogP contribution < -0.4 is 11.5 Å². The molecule has 1 heterocycles. The van der Waals surface area contributed by atoms with Crippen molar-refractivity contribution >= 4 is 36.2 Å². The highest BCUT2D eigenvalue weighted by Crippen LogP contribution is 2.70. The molecule has 0 aliphatic heterocycles. The third kappa shape index (κ3) is 7.52. The average Bonchev–Trinajstić information content (AvgIpc) is 2.46. The van der Waals surface area contributed by atoms with Crippen molar-refractivity contribution in [2.45, 2.75) is 23.8 Å². The number of nitrogen functional groups attached to an aromatic ring is 1. The topological polar surface area (TPSA) is 328 Å². The Labute approximate surface area is 168 Å². The van der Waals surface area contributed by atoms with Gasteiger partial charge in [-0.05, 0) is 13.5 Å². The minimum absolute atomic E-state index is 0.224. The number of nitrogens with zero attached hydrogens (tertiary/aromatic N) is 2. The lowest BCUT2D eigenvalue weighted by molar-refractivity contribution is 0.125. The summed E-state index contributed by atoms with van der Waals surface area (Å²) < 4.78 is 43.4. The number of nitrogens with two attached hydrogens (primary N) is 2. The molecule has 0 saturated heterocycles. The fourth-order valence-electron chi connectivity index (χ4n) is 1.91. The summed E-state index contributed by atoms with van der Waals surface area (Å²) in [5.41, 5.74) is 9.78. The molecule has 0 saturated carbocycles. The van der Waals surface area contributed by atoms with Crippen LogP contribution in [-0.4, -0.2) is 65.8 Å². The lowest BCUT2D eigenvalue weighted by Crippen LogP contribution is -2.31. The zero-order chi connectivity index (χ0) is 24.3. The molecule has 30 heavy (non-hydrogen) atoms. The minimum Gasteiger partial charge on any atom is -0.383 e. The Balaban J connectivity index is 0.000000584. The molecule has 0 unspecified atom stereocenters. The second kappa shape index (κ2) is 9.90. The van der Waals surface area contributed by atoms with Gasteiger partial charge >= 0.3 is 30.4 Å². The van der Waals surface area contributed by atoms with E-state index >= 15 is 0 Å². The maximum atomic E-state index is 11.1. The van der Waals surface area contributed by atoms with E-state index in [0.717, 1.165) is 6.20 Å². The van der Waals surface area contributed by atoms with E-state index < -0.39 is 59.4 Å². The van der Waals surface area contributed by atoms with Crippen molar-refractivity contribution in [3.05, 3.63) is 17.6 Å². The second-order valence-corrected chi connectivity index (χ2v) is 13.5. The summed E-state index contributed by atoms with van der Waals surface area (Å²) in [6.07, 6.45) is 0.0298. The van der Waals surface area contributed by atoms with Crippen LogP contribution >= 0.6 is 30.4 Å². The SMILES string of the molecule is Cc1ncc(C(P(=O)(O)O)P(=O)(O)O)c(N)n1.NCCC(O)(P(=O)(O)O)P(=O)(O)O. The molecule has 0 fully saturated rings. The standard InChI is InChI=1S/C6H11N3O6P2.C3H11NO7P2/c1-3-8-2-4(5(7)9-3)6(16(10,11)12)17(13,14)15;4-2-1-3(5,12(6,7)8)13(9,10)11/h2,6H,1H3,(H2,7,8,9)(H2,10,11,12)(H2,13,14,15);5H,1-2,4H2,(H2,6,7,8)(H2,9,10,11). The summed E-state index contributed by atoms with van der Waals surface area (Å²) >= 11 is 0. The number of aryl methyl sites for hydroxylation is 1. The number of aromatic nitrogens is 2. The van der Waals surface area contributed by atoms with Gasteiger partial charge in [0.05, 0.1) is 0 Å². The Morgan fingerprint density at radius 2 is 1.37 bits per heavy atom. The Morgan fingerprint density at radius 1 is 0.967 bits per heavy atom. The zero-order valence-electron chi connectivity index (χ0n) is 15.1. The first-order valence-corrected chi connectivity index (χ1v) is 13.9. The van der Waals surface area contributed by atoms with Crippen LogP contribution in [0.1, 0.15) is 23.2 Å². The Kier molecular flexibility index (Phi) is 9.71. The smallest absolute Gasteiger partial charge is 0.369 e. The maximum Gasteiger partial charge on any atom is 0.369 e. The lowest BCUT2D eigenvalue weighted by atomic mass is 10.3. The molecule has 1 aromatic heterocycles. The molecule has 13 N–H and O–H groups in total. The van der Waals surface area contributed by atoms with Crippen LogP contribution in [0.25, 0.3) is 0 Å². The average molecular weight is 518 g/mol. The normalized spacial score (nSPS) is 13.7. The molecule has 0 amide bonds. The fourth-order valence-corrected chi connectivity index (χ4v) is 6.80. The Hall–Kier alpha value is -0.600. The van der Waals surface area contributed by atoms with Crippen molar-refractivity contribution < 1.29 is 62.5 Å². The predicted octanol–water partition coefficient (Wildman–Crippen LogP) is -1.94. The van der Waals surface area contributed by atoms with Gasteiger partial charge in [0.2, 0.25) is 0 Å². The third-order valence-corrected chi connectivity index (χ3v) is 10.8. The molecular weight excluding hydrogens is 496 g/mol. The quantitative estimate of drug-likeness (QED) is 0.175. The van der Waals surface area contributed by atoms with Crippen LogP contribution in [0.2, 0.25) is 0 Å². The van der Waals surface area contributed by atoms with Gasteiger partial charge in [-0.2, -0.15) is 0 Å². The van der Waals surface area contributed by atoms with Crippen molar-refractivity contribution in [2.75, 3.05) is 12.3 Å². The van der Waals surface area contributed by atoms with E-state index in [2.05, 4.69) is 9.97 Å². The van der Waals surface area contributed by atoms with E-state index in [1.807, 2.05) is 0 Å². The summed E-state index contributed by atoms with van der Waals surface area (Å²) in [6, 6.07) is 0. The monoisotopic (exact) mass is 518 g/mol. The van der Waals surface area contributed by atoms with Crippen LogP contribution in [0, 0.1) is 6.92 Å². The molecule has 1 aromatic rings. The molecule has 0 radical (unpaired) electrons. The molecular formula is C9H22N4O13P4. The first-order chi connectivity index (χ1) is 13.1. The van der Waals surface area contributed by atoms with Gasteiger partial charge in [-0.25, -0.2) is 9.97 Å². The number of hydrogen-bond acceptors (Lipinski definition) is 9. The third-order valence-electron chi connectivity index (χ3n) is 3.30.